The third-order valence-electron chi connectivity index (χ3n) is 4.89. The molecule has 1 aromatic rings. The Balaban J connectivity index is 0.00000392. The Bertz CT molecular complexity index is 704. The molecule has 1 aliphatic heterocycles. The van der Waals surface area contributed by atoms with E-state index in [0.717, 1.165) is 19.6 Å². The minimum absolute atomic E-state index is 0. The summed E-state index contributed by atoms with van der Waals surface area (Å²) >= 11 is 0. The van der Waals surface area contributed by atoms with Gasteiger partial charge in [-0.3, -0.25) is 9.89 Å². The van der Waals surface area contributed by atoms with Gasteiger partial charge in [0, 0.05) is 32.2 Å². The molecule has 9 heteroatoms. The topological polar surface area (TPSA) is 85.8 Å². The largest absolute Gasteiger partial charge is 0.355 e. The van der Waals surface area contributed by atoms with Gasteiger partial charge in [-0.15, -0.1) is 24.0 Å². The second-order valence-corrected chi connectivity index (χ2v) is 9.19. The molecule has 160 valence electrons. The molecular weight excluding hydrogens is 489 g/mol. The van der Waals surface area contributed by atoms with Crippen molar-refractivity contribution in [3.63, 3.8) is 0 Å². The molecule has 28 heavy (non-hydrogen) atoms. The number of benzene rings is 1. The van der Waals surface area contributed by atoms with E-state index in [1.54, 1.807) is 37.4 Å². The van der Waals surface area contributed by atoms with Gasteiger partial charge < -0.3 is 10.6 Å². The Morgan fingerprint density at radius 1 is 1.07 bits per heavy atom. The number of aliphatic imine (C=N–C) groups is 1. The van der Waals surface area contributed by atoms with Crippen LogP contribution in [0, 0.1) is 0 Å². The SMILES string of the molecule is CN=C(NCCNS(=O)(=O)c1ccccc1)NCC(C)(C)N1CCCCC1.I. The molecule has 1 saturated heterocycles. The van der Waals surface area contributed by atoms with Gasteiger partial charge in [-0.2, -0.15) is 0 Å². The van der Waals surface area contributed by atoms with Crippen LogP contribution in [0.3, 0.4) is 0 Å². The maximum Gasteiger partial charge on any atom is 0.240 e. The zero-order chi connectivity index (χ0) is 19.8. The van der Waals surface area contributed by atoms with Gasteiger partial charge in [0.05, 0.1) is 4.90 Å². The van der Waals surface area contributed by atoms with Gasteiger partial charge in [-0.05, 0) is 51.9 Å². The van der Waals surface area contributed by atoms with Crippen LogP contribution >= 0.6 is 24.0 Å². The van der Waals surface area contributed by atoms with Crippen LogP contribution < -0.4 is 15.4 Å². The van der Waals surface area contributed by atoms with E-state index in [0.29, 0.717) is 12.5 Å². The van der Waals surface area contributed by atoms with Crippen molar-refractivity contribution in [2.24, 2.45) is 4.99 Å². The van der Waals surface area contributed by atoms with Crippen molar-refractivity contribution in [2.45, 2.75) is 43.5 Å². The van der Waals surface area contributed by atoms with E-state index in [-0.39, 0.29) is 41.0 Å². The molecule has 2 rings (SSSR count). The smallest absolute Gasteiger partial charge is 0.240 e. The van der Waals surface area contributed by atoms with Crippen LogP contribution in [0.15, 0.2) is 40.2 Å². The average Bonchev–Trinajstić information content (AvgIpc) is 2.69. The summed E-state index contributed by atoms with van der Waals surface area (Å²) in [6.45, 7) is 8.29. The van der Waals surface area contributed by atoms with Gasteiger partial charge in [-0.25, -0.2) is 13.1 Å². The van der Waals surface area contributed by atoms with Crippen LogP contribution in [0.4, 0.5) is 0 Å². The van der Waals surface area contributed by atoms with Gasteiger partial charge in [0.15, 0.2) is 5.96 Å². The first-order chi connectivity index (χ1) is 12.8. The molecule has 0 atom stereocenters. The molecule has 0 aromatic heterocycles. The van der Waals surface area contributed by atoms with Gasteiger partial charge >= 0.3 is 0 Å². The van der Waals surface area contributed by atoms with E-state index >= 15 is 0 Å². The van der Waals surface area contributed by atoms with E-state index in [1.165, 1.54) is 19.3 Å². The van der Waals surface area contributed by atoms with Crippen LogP contribution in [0.25, 0.3) is 0 Å². The number of hydrogen-bond donors (Lipinski definition) is 3. The Morgan fingerprint density at radius 2 is 1.71 bits per heavy atom. The van der Waals surface area contributed by atoms with E-state index < -0.39 is 10.0 Å². The van der Waals surface area contributed by atoms with E-state index in [4.69, 9.17) is 0 Å². The summed E-state index contributed by atoms with van der Waals surface area (Å²) in [4.78, 5) is 7.02. The third kappa shape index (κ3) is 7.84. The Kier molecular flexibility index (Phi) is 10.7. The van der Waals surface area contributed by atoms with Crippen molar-refractivity contribution in [1.82, 2.24) is 20.3 Å². The Hall–Kier alpha value is -0.910. The highest BCUT2D eigenvalue weighted by molar-refractivity contribution is 14.0. The lowest BCUT2D eigenvalue weighted by atomic mass is 9.98. The second-order valence-electron chi connectivity index (χ2n) is 7.42. The monoisotopic (exact) mass is 523 g/mol. The highest BCUT2D eigenvalue weighted by Crippen LogP contribution is 2.19. The second kappa shape index (κ2) is 11.9. The van der Waals surface area contributed by atoms with Crippen LogP contribution in [0.2, 0.25) is 0 Å². The molecule has 1 aliphatic rings. The maximum absolute atomic E-state index is 12.2. The number of likely N-dealkylation sites (tertiary alicyclic amines) is 1. The minimum Gasteiger partial charge on any atom is -0.355 e. The first kappa shape index (κ1) is 25.1. The molecule has 0 bridgehead atoms. The highest BCUT2D eigenvalue weighted by Gasteiger charge is 2.27. The molecule has 7 nitrogen and oxygen atoms in total. The molecule has 0 saturated carbocycles. The lowest BCUT2D eigenvalue weighted by Gasteiger charge is -2.41. The normalized spacial score (nSPS) is 16.3. The summed E-state index contributed by atoms with van der Waals surface area (Å²) in [6.07, 6.45) is 3.85. The molecule has 3 N–H and O–H groups in total. The zero-order valence-electron chi connectivity index (χ0n) is 17.1. The molecular formula is C19H34IN5O2S. The van der Waals surface area contributed by atoms with Gasteiger partial charge in [-0.1, -0.05) is 24.6 Å². The van der Waals surface area contributed by atoms with Crippen molar-refractivity contribution >= 4 is 40.0 Å². The fourth-order valence-corrected chi connectivity index (χ4v) is 4.23. The van der Waals surface area contributed by atoms with Crippen molar-refractivity contribution in [3.8, 4) is 0 Å². The number of halogens is 1. The summed E-state index contributed by atoms with van der Waals surface area (Å²) < 4.78 is 27.0. The first-order valence-electron chi connectivity index (χ1n) is 9.59. The van der Waals surface area contributed by atoms with Crippen molar-refractivity contribution in [2.75, 3.05) is 39.8 Å². The molecule has 0 spiro atoms. The van der Waals surface area contributed by atoms with Crippen molar-refractivity contribution in [3.05, 3.63) is 30.3 Å². The third-order valence-corrected chi connectivity index (χ3v) is 6.36. The van der Waals surface area contributed by atoms with Gasteiger partial charge in [0.1, 0.15) is 0 Å². The Morgan fingerprint density at radius 3 is 2.32 bits per heavy atom. The molecule has 0 aliphatic carbocycles. The lowest BCUT2D eigenvalue weighted by molar-refractivity contribution is 0.0982. The maximum atomic E-state index is 12.2. The first-order valence-corrected chi connectivity index (χ1v) is 11.1. The predicted molar refractivity (Wildman–Crippen MR) is 126 cm³/mol. The number of piperidine rings is 1. The standard InChI is InChI=1S/C19H33N5O2S.HI/c1-19(2,24-14-8-5-9-15-24)16-22-18(20-3)21-12-13-23-27(25,26)17-10-6-4-7-11-17;/h4,6-7,10-11,23H,5,8-9,12-16H2,1-3H3,(H2,20,21,22);1H. The number of hydrogen-bond acceptors (Lipinski definition) is 4. The lowest BCUT2D eigenvalue weighted by Crippen LogP contribution is -2.55. The quantitative estimate of drug-likeness (QED) is 0.210. The minimum atomic E-state index is -3.47. The highest BCUT2D eigenvalue weighted by atomic mass is 127. The zero-order valence-corrected chi connectivity index (χ0v) is 20.2. The molecule has 0 amide bonds. The predicted octanol–water partition coefficient (Wildman–Crippen LogP) is 2.01. The molecule has 1 heterocycles. The number of nitrogens with one attached hydrogen (secondary N) is 3. The fourth-order valence-electron chi connectivity index (χ4n) is 3.18. The van der Waals surface area contributed by atoms with Crippen LogP contribution in [0.5, 0.6) is 0 Å². The summed E-state index contributed by atoms with van der Waals surface area (Å²) in [5.74, 6) is 0.680. The number of guanidine groups is 1. The number of rotatable bonds is 8. The summed E-state index contributed by atoms with van der Waals surface area (Å²) in [7, 11) is -1.75. The van der Waals surface area contributed by atoms with Crippen molar-refractivity contribution in [1.29, 1.82) is 0 Å². The Labute approximate surface area is 186 Å². The van der Waals surface area contributed by atoms with Crippen LogP contribution in [-0.2, 0) is 10.0 Å². The van der Waals surface area contributed by atoms with Crippen LogP contribution in [-0.4, -0.2) is 64.6 Å². The number of sulfonamides is 1. The van der Waals surface area contributed by atoms with Crippen LogP contribution in [0.1, 0.15) is 33.1 Å². The van der Waals surface area contributed by atoms with E-state index in [9.17, 15) is 8.42 Å². The average molecular weight is 523 g/mol. The summed E-state index contributed by atoms with van der Waals surface area (Å²) in [5.41, 5.74) is 0.0486. The molecule has 1 fully saturated rings. The van der Waals surface area contributed by atoms with Gasteiger partial charge in [0.25, 0.3) is 0 Å². The number of nitrogens with zero attached hydrogens (tertiary/aromatic N) is 2. The molecule has 1 aromatic carbocycles. The van der Waals surface area contributed by atoms with E-state index in [1.807, 2.05) is 0 Å². The summed E-state index contributed by atoms with van der Waals surface area (Å²) in [6, 6.07) is 8.38. The van der Waals surface area contributed by atoms with E-state index in [2.05, 4.69) is 39.1 Å². The summed E-state index contributed by atoms with van der Waals surface area (Å²) in [5, 5.41) is 6.52. The molecule has 0 radical (unpaired) electrons. The van der Waals surface area contributed by atoms with Crippen molar-refractivity contribution < 1.29 is 8.42 Å². The van der Waals surface area contributed by atoms with Gasteiger partial charge in [0.2, 0.25) is 10.0 Å². The fraction of sp³-hybridized carbons (Fsp3) is 0.632. The molecule has 0 unspecified atom stereocenters.